The van der Waals surface area contributed by atoms with E-state index >= 15 is 0 Å². The number of phenols is 4. The molecule has 0 unspecified atom stereocenters. The van der Waals surface area contributed by atoms with Crippen molar-refractivity contribution in [2.75, 3.05) is 13.2 Å². The molecule has 8 heteroatoms. The minimum Gasteiger partial charge on any atom is -0.504 e. The fourth-order valence-corrected chi connectivity index (χ4v) is 2.81. The van der Waals surface area contributed by atoms with E-state index in [-0.39, 0.29) is 48.0 Å². The lowest BCUT2D eigenvalue weighted by Gasteiger charge is -2.03. The highest BCUT2D eigenvalue weighted by Crippen LogP contribution is 2.38. The number of phenolic OH excluding ortho intramolecular Hbond substituents is 4. The molecule has 162 valence electrons. The molecule has 0 saturated heterocycles. The maximum absolute atomic E-state index is 11.8. The Morgan fingerprint density at radius 3 is 1.55 bits per heavy atom. The standard InChI is InChI=1S/C23H22O8/c24-18-5-1-14(9-20(18)26)3-7-22(28)30-12-16-11-17(16)13-31-23(29)8-4-15-2-6-19(25)21(27)10-15/h1-10,16-17,24-27H,11-13H2/b7-3+,8-4+/t16-,17+. The number of hydrogen-bond donors (Lipinski definition) is 4. The van der Waals surface area contributed by atoms with Gasteiger partial charge in [-0.3, -0.25) is 0 Å². The fraction of sp³-hybridized carbons (Fsp3) is 0.217. The maximum atomic E-state index is 11.8. The molecule has 2 atom stereocenters. The molecule has 0 radical (unpaired) electrons. The molecule has 0 aliphatic heterocycles. The molecule has 0 bridgehead atoms. The van der Waals surface area contributed by atoms with Gasteiger partial charge in [0.1, 0.15) is 0 Å². The third-order valence-corrected chi connectivity index (χ3v) is 4.77. The van der Waals surface area contributed by atoms with Crippen LogP contribution in [-0.4, -0.2) is 45.6 Å². The molecule has 8 nitrogen and oxygen atoms in total. The molecule has 0 amide bonds. The number of rotatable bonds is 8. The van der Waals surface area contributed by atoms with Crippen LogP contribution < -0.4 is 0 Å². The Hall–Kier alpha value is -3.94. The molecule has 1 saturated carbocycles. The predicted molar refractivity (Wildman–Crippen MR) is 111 cm³/mol. The summed E-state index contributed by atoms with van der Waals surface area (Å²) in [4.78, 5) is 23.6. The second-order valence-corrected chi connectivity index (χ2v) is 7.18. The van der Waals surface area contributed by atoms with Gasteiger partial charge in [-0.25, -0.2) is 9.59 Å². The normalized spacial score (nSPS) is 17.7. The van der Waals surface area contributed by atoms with E-state index in [0.29, 0.717) is 11.1 Å². The number of carbonyl (C=O) groups excluding carboxylic acids is 2. The van der Waals surface area contributed by atoms with E-state index < -0.39 is 11.9 Å². The second kappa shape index (κ2) is 9.71. The molecular weight excluding hydrogens is 404 g/mol. The van der Waals surface area contributed by atoms with E-state index in [1.54, 1.807) is 12.1 Å². The zero-order chi connectivity index (χ0) is 22.4. The SMILES string of the molecule is O=C(/C=C/c1ccc(O)c(O)c1)OC[C@@H]1C[C@@H]1COC(=O)/C=C/c1ccc(O)c(O)c1. The van der Waals surface area contributed by atoms with Crippen molar-refractivity contribution in [2.24, 2.45) is 11.8 Å². The first-order valence-electron chi connectivity index (χ1n) is 9.55. The lowest BCUT2D eigenvalue weighted by atomic mass is 10.2. The fourth-order valence-electron chi connectivity index (χ4n) is 2.81. The van der Waals surface area contributed by atoms with Crippen molar-refractivity contribution in [3.63, 3.8) is 0 Å². The van der Waals surface area contributed by atoms with Crippen LogP contribution in [0, 0.1) is 11.8 Å². The van der Waals surface area contributed by atoms with Gasteiger partial charge in [-0.1, -0.05) is 12.1 Å². The number of ether oxygens (including phenoxy) is 2. The van der Waals surface area contributed by atoms with E-state index in [0.717, 1.165) is 6.42 Å². The Morgan fingerprint density at radius 2 is 1.16 bits per heavy atom. The van der Waals surface area contributed by atoms with Gasteiger partial charge in [0.15, 0.2) is 23.0 Å². The molecule has 1 aliphatic rings. The van der Waals surface area contributed by atoms with Gasteiger partial charge in [0.2, 0.25) is 0 Å². The Morgan fingerprint density at radius 1 is 0.742 bits per heavy atom. The summed E-state index contributed by atoms with van der Waals surface area (Å²) in [5, 5.41) is 37.4. The number of benzene rings is 2. The van der Waals surface area contributed by atoms with Gasteiger partial charge in [0.25, 0.3) is 0 Å². The summed E-state index contributed by atoms with van der Waals surface area (Å²) in [5.74, 6) is -1.85. The number of esters is 2. The highest BCUT2D eigenvalue weighted by Gasteiger charge is 2.38. The van der Waals surface area contributed by atoms with Crippen LogP contribution in [0.4, 0.5) is 0 Å². The Kier molecular flexibility index (Phi) is 6.81. The second-order valence-electron chi connectivity index (χ2n) is 7.18. The van der Waals surface area contributed by atoms with E-state index in [4.69, 9.17) is 9.47 Å². The van der Waals surface area contributed by atoms with Crippen molar-refractivity contribution < 1.29 is 39.5 Å². The molecule has 1 aliphatic carbocycles. The molecule has 2 aromatic carbocycles. The van der Waals surface area contributed by atoms with Crippen LogP contribution in [0.25, 0.3) is 12.2 Å². The monoisotopic (exact) mass is 426 g/mol. The first kappa shape index (κ1) is 21.8. The quantitative estimate of drug-likeness (QED) is 0.288. The largest absolute Gasteiger partial charge is 0.504 e. The zero-order valence-electron chi connectivity index (χ0n) is 16.5. The first-order valence-corrected chi connectivity index (χ1v) is 9.55. The maximum Gasteiger partial charge on any atom is 0.330 e. The van der Waals surface area contributed by atoms with Gasteiger partial charge in [-0.2, -0.15) is 0 Å². The van der Waals surface area contributed by atoms with Gasteiger partial charge in [0, 0.05) is 12.2 Å². The van der Waals surface area contributed by atoms with Crippen molar-refractivity contribution in [1.82, 2.24) is 0 Å². The van der Waals surface area contributed by atoms with Gasteiger partial charge in [-0.15, -0.1) is 0 Å². The van der Waals surface area contributed by atoms with Gasteiger partial charge in [-0.05, 0) is 65.8 Å². The molecule has 0 spiro atoms. The highest BCUT2D eigenvalue weighted by molar-refractivity contribution is 5.87. The van der Waals surface area contributed by atoms with Crippen LogP contribution in [0.5, 0.6) is 23.0 Å². The van der Waals surface area contributed by atoms with Gasteiger partial charge >= 0.3 is 11.9 Å². The van der Waals surface area contributed by atoms with E-state index in [1.807, 2.05) is 0 Å². The van der Waals surface area contributed by atoms with Crippen molar-refractivity contribution in [3.8, 4) is 23.0 Å². The summed E-state index contributed by atoms with van der Waals surface area (Å²) in [7, 11) is 0. The average Bonchev–Trinajstić information content (AvgIpc) is 3.51. The Bertz CT molecular complexity index is 943. The van der Waals surface area contributed by atoms with Crippen LogP contribution in [0.15, 0.2) is 48.6 Å². The summed E-state index contributed by atoms with van der Waals surface area (Å²) in [6.45, 7) is 0.434. The summed E-state index contributed by atoms with van der Waals surface area (Å²) in [6, 6.07) is 8.37. The molecule has 4 N–H and O–H groups in total. The van der Waals surface area contributed by atoms with Crippen LogP contribution >= 0.6 is 0 Å². The summed E-state index contributed by atoms with van der Waals surface area (Å²) in [5.41, 5.74) is 1.08. The number of aromatic hydroxyl groups is 4. The van der Waals surface area contributed by atoms with Crippen molar-refractivity contribution in [2.45, 2.75) is 6.42 Å². The topological polar surface area (TPSA) is 134 Å². The minimum absolute atomic E-state index is 0.126. The third-order valence-electron chi connectivity index (χ3n) is 4.77. The first-order chi connectivity index (χ1) is 14.8. The van der Waals surface area contributed by atoms with E-state index in [9.17, 15) is 30.0 Å². The summed E-state index contributed by atoms with van der Waals surface area (Å²) in [6.07, 6.45) is 6.18. The summed E-state index contributed by atoms with van der Waals surface area (Å²) < 4.78 is 10.3. The Balaban J connectivity index is 1.34. The molecule has 3 rings (SSSR count). The molecule has 2 aromatic rings. The number of carbonyl (C=O) groups is 2. The molecule has 0 aromatic heterocycles. The van der Waals surface area contributed by atoms with Gasteiger partial charge in [0.05, 0.1) is 13.2 Å². The lowest BCUT2D eigenvalue weighted by molar-refractivity contribution is -0.140. The predicted octanol–water partition coefficient (Wildman–Crippen LogP) is 2.96. The lowest BCUT2D eigenvalue weighted by Crippen LogP contribution is -2.08. The van der Waals surface area contributed by atoms with E-state index in [2.05, 4.69) is 0 Å². The molecule has 0 heterocycles. The minimum atomic E-state index is -0.532. The molecule has 1 fully saturated rings. The average molecular weight is 426 g/mol. The molecular formula is C23H22O8. The van der Waals surface area contributed by atoms with Crippen LogP contribution in [0.2, 0.25) is 0 Å². The van der Waals surface area contributed by atoms with Crippen LogP contribution in [-0.2, 0) is 19.1 Å². The van der Waals surface area contributed by atoms with Gasteiger partial charge < -0.3 is 29.9 Å². The Labute approximate surface area is 178 Å². The van der Waals surface area contributed by atoms with Crippen molar-refractivity contribution in [1.29, 1.82) is 0 Å². The highest BCUT2D eigenvalue weighted by atomic mass is 16.5. The smallest absolute Gasteiger partial charge is 0.330 e. The summed E-state index contributed by atoms with van der Waals surface area (Å²) >= 11 is 0. The van der Waals surface area contributed by atoms with E-state index in [1.165, 1.54) is 48.6 Å². The molecule has 31 heavy (non-hydrogen) atoms. The number of hydrogen-bond acceptors (Lipinski definition) is 8. The third kappa shape index (κ3) is 6.53. The zero-order valence-corrected chi connectivity index (χ0v) is 16.5. The van der Waals surface area contributed by atoms with Crippen LogP contribution in [0.1, 0.15) is 17.5 Å². The van der Waals surface area contributed by atoms with Crippen molar-refractivity contribution in [3.05, 3.63) is 59.7 Å². The van der Waals surface area contributed by atoms with Crippen molar-refractivity contribution >= 4 is 24.1 Å². The van der Waals surface area contributed by atoms with Crippen LogP contribution in [0.3, 0.4) is 0 Å².